The van der Waals surface area contributed by atoms with Crippen LogP contribution in [0.4, 0.5) is 34.3 Å². The number of fused-ring (bicyclic) bond motifs is 4. The summed E-state index contributed by atoms with van der Waals surface area (Å²) in [5.41, 5.74) is 11.2. The first kappa shape index (κ1) is 28.7. The molecule has 0 saturated carbocycles. The van der Waals surface area contributed by atoms with Gasteiger partial charge in [-0.15, -0.1) is 0 Å². The summed E-state index contributed by atoms with van der Waals surface area (Å²) in [7, 11) is -1.38. The zero-order valence-electron chi connectivity index (χ0n) is 26.9. The first-order valence-electron chi connectivity index (χ1n) is 16.7. The average Bonchev–Trinajstić information content (AvgIpc) is 3.19. The van der Waals surface area contributed by atoms with Crippen LogP contribution in [0.2, 0.25) is 0 Å². The first-order valence-corrected chi connectivity index (χ1v) is 17.9. The Balaban J connectivity index is 1.29. The summed E-state index contributed by atoms with van der Waals surface area (Å²) in [6, 6.07) is 61.0. The van der Waals surface area contributed by atoms with Crippen molar-refractivity contribution in [1.29, 1.82) is 0 Å². The minimum Gasteiger partial charge on any atom is -0.308 e. The zero-order valence-corrected chi connectivity index (χ0v) is 27.7. The summed E-state index contributed by atoms with van der Waals surface area (Å²) in [4.78, 5) is 11.5. The number of pyridine rings is 1. The Kier molecular flexibility index (Phi) is 6.54. The fraction of sp³-hybridized carbons (Fsp3) is 0. The molecule has 0 spiro atoms. The minimum atomic E-state index is -1.38. The molecule has 2 aliphatic heterocycles. The van der Waals surface area contributed by atoms with E-state index in [0.29, 0.717) is 0 Å². The number of hydrogen-bond acceptors (Lipinski definition) is 4. The van der Waals surface area contributed by atoms with E-state index in [-0.39, 0.29) is 0 Å². The zero-order chi connectivity index (χ0) is 33.2. The van der Waals surface area contributed by atoms with Crippen molar-refractivity contribution in [2.75, 3.05) is 9.80 Å². The van der Waals surface area contributed by atoms with Gasteiger partial charge in [0.25, 0.3) is 0 Å². The van der Waals surface area contributed by atoms with Gasteiger partial charge in [0, 0.05) is 22.2 Å². The predicted molar refractivity (Wildman–Crippen MR) is 206 cm³/mol. The topological polar surface area (TPSA) is 36.4 Å². The molecule has 1 atom stereocenters. The van der Waals surface area contributed by atoms with Gasteiger partial charge in [0.1, 0.15) is 5.82 Å². The van der Waals surface area contributed by atoms with E-state index >= 15 is 0 Å². The molecule has 0 aliphatic carbocycles. The third kappa shape index (κ3) is 4.44. The van der Waals surface area contributed by atoms with Crippen molar-refractivity contribution < 1.29 is 4.21 Å². The van der Waals surface area contributed by atoms with Crippen LogP contribution < -0.4 is 9.80 Å². The summed E-state index contributed by atoms with van der Waals surface area (Å²) < 4.78 is 14.5. The molecule has 2 aliphatic rings. The van der Waals surface area contributed by atoms with Gasteiger partial charge in [-0.05, 0) is 76.7 Å². The van der Waals surface area contributed by atoms with Crippen molar-refractivity contribution in [3.63, 3.8) is 0 Å². The molecule has 0 amide bonds. The number of hydrogen-bond donors (Lipinski definition) is 0. The Morgan fingerprint density at radius 1 is 0.440 bits per heavy atom. The molecule has 10 rings (SSSR count). The summed E-state index contributed by atoms with van der Waals surface area (Å²) >= 11 is 0. The molecular formula is C45H29N3OS. The number of para-hydroxylation sites is 2. The van der Waals surface area contributed by atoms with Crippen molar-refractivity contribution in [2.45, 2.75) is 9.79 Å². The van der Waals surface area contributed by atoms with Gasteiger partial charge >= 0.3 is 0 Å². The SMILES string of the molecule is O=S1c2ccccc2N(c2ccccc2)c2cc3c(cc21)-c1cccc2cccc(c12)N3c1cc(-c2ccccc2)cc(-c2ccccc2)n1. The average molecular weight is 660 g/mol. The highest BCUT2D eigenvalue weighted by atomic mass is 32.2. The van der Waals surface area contributed by atoms with Crippen molar-refractivity contribution in [3.05, 3.63) is 176 Å². The van der Waals surface area contributed by atoms with Crippen LogP contribution in [0.1, 0.15) is 0 Å². The fourth-order valence-electron chi connectivity index (χ4n) is 7.48. The van der Waals surface area contributed by atoms with Crippen LogP contribution in [-0.4, -0.2) is 9.19 Å². The third-order valence-electron chi connectivity index (χ3n) is 9.71. The molecule has 3 heterocycles. The van der Waals surface area contributed by atoms with Crippen molar-refractivity contribution >= 4 is 55.8 Å². The summed E-state index contributed by atoms with van der Waals surface area (Å²) in [6.07, 6.45) is 0. The number of nitrogens with zero attached hydrogens (tertiary/aromatic N) is 3. The highest BCUT2D eigenvalue weighted by Gasteiger charge is 2.34. The number of rotatable bonds is 4. The highest BCUT2D eigenvalue weighted by Crippen LogP contribution is 2.56. The summed E-state index contributed by atoms with van der Waals surface area (Å²) in [5.74, 6) is 0.817. The molecule has 50 heavy (non-hydrogen) atoms. The van der Waals surface area contributed by atoms with Crippen LogP contribution in [0.5, 0.6) is 0 Å². The van der Waals surface area contributed by atoms with Crippen LogP contribution in [0.15, 0.2) is 186 Å². The number of benzene rings is 7. The van der Waals surface area contributed by atoms with Crippen LogP contribution in [0.25, 0.3) is 44.3 Å². The van der Waals surface area contributed by atoms with Gasteiger partial charge in [-0.1, -0.05) is 121 Å². The Hall–Kier alpha value is -6.30. The quantitative estimate of drug-likeness (QED) is 0.188. The van der Waals surface area contributed by atoms with Gasteiger partial charge in [0.2, 0.25) is 0 Å². The molecule has 0 fully saturated rings. The Bertz CT molecular complexity index is 2560. The lowest BCUT2D eigenvalue weighted by Crippen LogP contribution is -2.22. The fourth-order valence-corrected chi connectivity index (χ4v) is 8.83. The van der Waals surface area contributed by atoms with E-state index in [4.69, 9.17) is 4.98 Å². The van der Waals surface area contributed by atoms with Gasteiger partial charge < -0.3 is 4.90 Å². The van der Waals surface area contributed by atoms with E-state index in [1.54, 1.807) is 0 Å². The molecule has 0 saturated heterocycles. The van der Waals surface area contributed by atoms with Gasteiger partial charge in [-0.2, -0.15) is 0 Å². The predicted octanol–water partition coefficient (Wildman–Crippen LogP) is 12.0. The van der Waals surface area contributed by atoms with E-state index < -0.39 is 10.8 Å². The van der Waals surface area contributed by atoms with Crippen LogP contribution in [0.3, 0.4) is 0 Å². The number of anilines is 6. The lowest BCUT2D eigenvalue weighted by atomic mass is 9.90. The molecule has 4 nitrogen and oxygen atoms in total. The molecule has 7 aromatic carbocycles. The van der Waals surface area contributed by atoms with Gasteiger partial charge in [0.05, 0.1) is 49.0 Å². The molecule has 236 valence electrons. The van der Waals surface area contributed by atoms with Crippen molar-refractivity contribution in [2.24, 2.45) is 0 Å². The standard InChI is InChI=1S/C45H29N3OS/c49-50-42-25-11-10-23-38(42)47(34-20-8-3-9-21-34)41-29-40-36(28-43(41)50)35-22-12-18-32-19-13-24-39(45(32)35)48(40)44-27-33(30-14-4-1-5-15-30)26-37(46-44)31-16-6-2-7-17-31/h1-29H. The van der Waals surface area contributed by atoms with E-state index in [2.05, 4.69) is 149 Å². The molecule has 0 bridgehead atoms. The van der Waals surface area contributed by atoms with Gasteiger partial charge in [0.15, 0.2) is 0 Å². The van der Waals surface area contributed by atoms with E-state index in [1.807, 2.05) is 36.4 Å². The Morgan fingerprint density at radius 2 is 1.10 bits per heavy atom. The monoisotopic (exact) mass is 659 g/mol. The molecule has 1 aromatic heterocycles. The maximum absolute atomic E-state index is 14.5. The highest BCUT2D eigenvalue weighted by molar-refractivity contribution is 7.85. The van der Waals surface area contributed by atoms with E-state index in [9.17, 15) is 4.21 Å². The largest absolute Gasteiger partial charge is 0.308 e. The molecule has 8 aromatic rings. The van der Waals surface area contributed by atoms with Gasteiger partial charge in [-0.3, -0.25) is 4.90 Å². The van der Waals surface area contributed by atoms with Crippen molar-refractivity contribution in [3.8, 4) is 33.5 Å². The second-order valence-corrected chi connectivity index (χ2v) is 14.0. The molecule has 0 N–H and O–H groups in total. The Morgan fingerprint density at radius 3 is 1.88 bits per heavy atom. The normalized spacial score (nSPS) is 14.2. The molecule has 0 radical (unpaired) electrons. The van der Waals surface area contributed by atoms with Crippen LogP contribution in [0, 0.1) is 0 Å². The smallest absolute Gasteiger partial charge is 0.138 e. The maximum atomic E-state index is 14.5. The molecular weight excluding hydrogens is 631 g/mol. The van der Waals surface area contributed by atoms with Gasteiger partial charge in [-0.25, -0.2) is 9.19 Å². The first-order chi connectivity index (χ1) is 24.7. The molecule has 5 heteroatoms. The lowest BCUT2D eigenvalue weighted by Gasteiger charge is -2.37. The third-order valence-corrected chi connectivity index (χ3v) is 11.2. The van der Waals surface area contributed by atoms with E-state index in [0.717, 1.165) is 88.3 Å². The van der Waals surface area contributed by atoms with E-state index in [1.165, 1.54) is 0 Å². The number of aromatic nitrogens is 1. The summed E-state index contributed by atoms with van der Waals surface area (Å²) in [6.45, 7) is 0. The maximum Gasteiger partial charge on any atom is 0.138 e. The van der Waals surface area contributed by atoms with Crippen LogP contribution >= 0.6 is 0 Å². The Labute approximate surface area is 293 Å². The second-order valence-electron chi connectivity index (χ2n) is 12.6. The second kappa shape index (κ2) is 11.4. The van der Waals surface area contributed by atoms with Crippen molar-refractivity contribution in [1.82, 2.24) is 4.98 Å². The van der Waals surface area contributed by atoms with Crippen LogP contribution in [-0.2, 0) is 10.8 Å². The minimum absolute atomic E-state index is 0.790. The summed E-state index contributed by atoms with van der Waals surface area (Å²) in [5, 5.41) is 2.30. The molecule has 1 unspecified atom stereocenters. The lowest BCUT2D eigenvalue weighted by molar-refractivity contribution is 0.682.